The second-order valence-electron chi connectivity index (χ2n) is 5.05. The minimum absolute atomic E-state index is 0.0201. The smallest absolute Gasteiger partial charge is 0.278 e. The Bertz CT molecular complexity index is 745. The number of hydrogen-bond acceptors (Lipinski definition) is 2. The van der Waals surface area contributed by atoms with Crippen LogP contribution in [0.5, 0.6) is 5.75 Å². The van der Waals surface area contributed by atoms with Gasteiger partial charge in [-0.05, 0) is 30.3 Å². The third-order valence-electron chi connectivity index (χ3n) is 2.86. The number of alkyl halides is 2. The Morgan fingerprint density at radius 2 is 2.04 bits per heavy atom. The largest absolute Gasteiger partial charge is 0.485 e. The zero-order valence-electron chi connectivity index (χ0n) is 12.4. The third-order valence-corrected chi connectivity index (χ3v) is 3.67. The van der Waals surface area contributed by atoms with Crippen molar-refractivity contribution in [3.8, 4) is 5.75 Å². The van der Waals surface area contributed by atoms with Gasteiger partial charge in [-0.1, -0.05) is 33.6 Å². The number of amides is 1. The molecule has 0 atom stereocenters. The van der Waals surface area contributed by atoms with Crippen molar-refractivity contribution in [2.75, 3.05) is 11.9 Å². The van der Waals surface area contributed by atoms with Gasteiger partial charge in [0.15, 0.2) is 6.61 Å². The summed E-state index contributed by atoms with van der Waals surface area (Å²) in [6, 6.07) is 8.28. The van der Waals surface area contributed by atoms with Crippen molar-refractivity contribution in [3.05, 3.63) is 57.3 Å². The van der Waals surface area contributed by atoms with E-state index in [0.717, 1.165) is 6.07 Å². The fraction of sp³-hybridized carbons (Fsp3) is 0.188. The summed E-state index contributed by atoms with van der Waals surface area (Å²) < 4.78 is 45.4. The van der Waals surface area contributed by atoms with Crippen molar-refractivity contribution in [2.24, 2.45) is 0 Å². The molecular formula is C16H12BrClF3NO2. The molecule has 0 saturated heterocycles. The van der Waals surface area contributed by atoms with Crippen LogP contribution in [0.4, 0.5) is 18.9 Å². The molecule has 0 spiro atoms. The summed E-state index contributed by atoms with van der Waals surface area (Å²) in [4.78, 5) is 12.2. The van der Waals surface area contributed by atoms with Crippen LogP contribution in [0.3, 0.4) is 0 Å². The van der Waals surface area contributed by atoms with Gasteiger partial charge in [0.1, 0.15) is 11.6 Å². The number of rotatable bonds is 5. The van der Waals surface area contributed by atoms with E-state index >= 15 is 0 Å². The first-order valence-corrected chi connectivity index (χ1v) is 7.90. The lowest BCUT2D eigenvalue weighted by Crippen LogP contribution is -2.22. The van der Waals surface area contributed by atoms with Crippen LogP contribution in [0.1, 0.15) is 17.3 Å². The Labute approximate surface area is 149 Å². The number of carbonyl (C=O) groups excluding carboxylic acids is 1. The molecule has 0 saturated carbocycles. The van der Waals surface area contributed by atoms with E-state index < -0.39 is 24.3 Å². The number of hydrogen-bond donors (Lipinski definition) is 1. The quantitative estimate of drug-likeness (QED) is 0.688. The normalized spacial score (nSPS) is 11.2. The van der Waals surface area contributed by atoms with Gasteiger partial charge in [-0.3, -0.25) is 4.79 Å². The SMILES string of the molecule is CC(F)(F)COc1cc(Br)ccc1NC(=O)c1c(F)cccc1Cl. The lowest BCUT2D eigenvalue weighted by molar-refractivity contribution is -0.0227. The maximum atomic E-state index is 13.8. The molecule has 1 N–H and O–H groups in total. The van der Waals surface area contributed by atoms with Gasteiger partial charge in [0.05, 0.1) is 16.3 Å². The average molecular weight is 423 g/mol. The molecule has 0 unspecified atom stereocenters. The van der Waals surface area contributed by atoms with Gasteiger partial charge in [0.25, 0.3) is 11.8 Å². The van der Waals surface area contributed by atoms with E-state index in [9.17, 15) is 18.0 Å². The van der Waals surface area contributed by atoms with Crippen molar-refractivity contribution in [2.45, 2.75) is 12.8 Å². The highest BCUT2D eigenvalue weighted by Gasteiger charge is 2.23. The maximum absolute atomic E-state index is 13.8. The molecule has 24 heavy (non-hydrogen) atoms. The first-order chi connectivity index (χ1) is 11.2. The maximum Gasteiger partial charge on any atom is 0.278 e. The number of benzene rings is 2. The van der Waals surface area contributed by atoms with Crippen molar-refractivity contribution in [1.82, 2.24) is 0 Å². The van der Waals surface area contributed by atoms with E-state index in [1.165, 1.54) is 24.3 Å². The minimum Gasteiger partial charge on any atom is -0.485 e. The summed E-state index contributed by atoms with van der Waals surface area (Å²) in [7, 11) is 0. The predicted molar refractivity (Wildman–Crippen MR) is 89.6 cm³/mol. The van der Waals surface area contributed by atoms with E-state index in [1.54, 1.807) is 6.07 Å². The van der Waals surface area contributed by atoms with Crippen LogP contribution in [-0.4, -0.2) is 18.4 Å². The van der Waals surface area contributed by atoms with Crippen molar-refractivity contribution >= 4 is 39.1 Å². The number of ether oxygens (including phenoxy) is 1. The topological polar surface area (TPSA) is 38.3 Å². The van der Waals surface area contributed by atoms with Gasteiger partial charge in [-0.15, -0.1) is 0 Å². The molecule has 0 aliphatic heterocycles. The zero-order chi connectivity index (χ0) is 17.9. The highest BCUT2D eigenvalue weighted by Crippen LogP contribution is 2.31. The van der Waals surface area contributed by atoms with Crippen LogP contribution in [0.15, 0.2) is 40.9 Å². The van der Waals surface area contributed by atoms with Crippen LogP contribution in [0.25, 0.3) is 0 Å². The Morgan fingerprint density at radius 3 is 2.67 bits per heavy atom. The Morgan fingerprint density at radius 1 is 1.33 bits per heavy atom. The molecule has 2 aromatic carbocycles. The molecule has 2 rings (SSSR count). The monoisotopic (exact) mass is 421 g/mol. The molecule has 128 valence electrons. The molecule has 0 heterocycles. The Hall–Kier alpha value is -1.73. The van der Waals surface area contributed by atoms with E-state index in [2.05, 4.69) is 21.2 Å². The van der Waals surface area contributed by atoms with Crippen molar-refractivity contribution in [1.29, 1.82) is 0 Å². The highest BCUT2D eigenvalue weighted by atomic mass is 79.9. The van der Waals surface area contributed by atoms with E-state index in [4.69, 9.17) is 16.3 Å². The summed E-state index contributed by atoms with van der Waals surface area (Å²) in [6.07, 6.45) is 0. The molecule has 1 amide bonds. The first kappa shape index (κ1) is 18.6. The summed E-state index contributed by atoms with van der Waals surface area (Å²) in [5, 5.41) is 2.36. The molecule has 0 aliphatic carbocycles. The van der Waals surface area contributed by atoms with Crippen LogP contribution in [-0.2, 0) is 0 Å². The second-order valence-corrected chi connectivity index (χ2v) is 6.37. The predicted octanol–water partition coefficient (Wildman–Crippen LogP) is 5.53. The molecule has 0 bridgehead atoms. The van der Waals surface area contributed by atoms with E-state index in [0.29, 0.717) is 11.4 Å². The summed E-state index contributed by atoms with van der Waals surface area (Å²) in [6.45, 7) is -0.158. The standard InChI is InChI=1S/C16H12BrClF3NO2/c1-16(20,21)8-24-13-7-9(17)5-6-12(13)22-15(23)14-10(18)3-2-4-11(14)19/h2-7H,8H2,1H3,(H,22,23). The minimum atomic E-state index is -3.04. The van der Waals surface area contributed by atoms with Gasteiger partial charge >= 0.3 is 0 Å². The molecular weight excluding hydrogens is 411 g/mol. The number of nitrogens with one attached hydrogen (secondary N) is 1. The first-order valence-electron chi connectivity index (χ1n) is 6.73. The van der Waals surface area contributed by atoms with E-state index in [-0.39, 0.29) is 22.0 Å². The summed E-state index contributed by atoms with van der Waals surface area (Å²) >= 11 is 9.03. The highest BCUT2D eigenvalue weighted by molar-refractivity contribution is 9.10. The second kappa shape index (κ2) is 7.44. The van der Waals surface area contributed by atoms with Gasteiger partial charge in [-0.25, -0.2) is 13.2 Å². The number of carbonyl (C=O) groups is 1. The van der Waals surface area contributed by atoms with Crippen LogP contribution in [0.2, 0.25) is 5.02 Å². The van der Waals surface area contributed by atoms with Gasteiger partial charge < -0.3 is 10.1 Å². The van der Waals surface area contributed by atoms with E-state index in [1.807, 2.05) is 0 Å². The third kappa shape index (κ3) is 4.88. The fourth-order valence-electron chi connectivity index (χ4n) is 1.82. The molecule has 0 fully saturated rings. The average Bonchev–Trinajstić information content (AvgIpc) is 2.46. The van der Waals surface area contributed by atoms with Crippen molar-refractivity contribution in [3.63, 3.8) is 0 Å². The molecule has 3 nitrogen and oxygen atoms in total. The summed E-state index contributed by atoms with van der Waals surface area (Å²) in [5.74, 6) is -4.63. The fourth-order valence-corrected chi connectivity index (χ4v) is 2.41. The molecule has 8 heteroatoms. The molecule has 2 aromatic rings. The number of halogens is 5. The molecule has 0 radical (unpaired) electrons. The van der Waals surface area contributed by atoms with Gasteiger partial charge in [-0.2, -0.15) is 0 Å². The Kier molecular flexibility index (Phi) is 5.77. The van der Waals surface area contributed by atoms with Gasteiger partial charge in [0, 0.05) is 11.4 Å². The molecule has 0 aliphatic rings. The van der Waals surface area contributed by atoms with Crippen LogP contribution >= 0.6 is 27.5 Å². The molecule has 0 aromatic heterocycles. The Balaban J connectivity index is 2.27. The summed E-state index contributed by atoms with van der Waals surface area (Å²) in [5.41, 5.74) is -0.222. The van der Waals surface area contributed by atoms with Crippen LogP contribution in [0, 0.1) is 5.82 Å². The lowest BCUT2D eigenvalue weighted by atomic mass is 10.2. The zero-order valence-corrected chi connectivity index (χ0v) is 14.7. The van der Waals surface area contributed by atoms with Crippen LogP contribution < -0.4 is 10.1 Å². The van der Waals surface area contributed by atoms with Gasteiger partial charge in [0.2, 0.25) is 0 Å². The van der Waals surface area contributed by atoms with Crippen molar-refractivity contribution < 1.29 is 22.7 Å². The lowest BCUT2D eigenvalue weighted by Gasteiger charge is -2.16. The number of anilines is 1.